The molecule has 0 bridgehead atoms. The van der Waals surface area contributed by atoms with Crippen LogP contribution in [0.4, 0.5) is 5.69 Å². The molecule has 0 aliphatic carbocycles. The number of ether oxygens (including phenoxy) is 1. The molecule has 37 heavy (non-hydrogen) atoms. The van der Waals surface area contributed by atoms with E-state index < -0.39 is 16.1 Å². The SMILES string of the molecule is CCC(C(=O)NC(C)C)N(Cc1ccc(Cl)cc1Cl)C(=O)CCCN(c1ccccc1OC)S(C)(=O)=O. The van der Waals surface area contributed by atoms with Gasteiger partial charge in [0.05, 0.1) is 19.1 Å². The summed E-state index contributed by atoms with van der Waals surface area (Å²) in [5.74, 6) is -0.136. The Hall–Kier alpha value is -2.49. The number of nitrogens with one attached hydrogen (secondary N) is 1. The van der Waals surface area contributed by atoms with Gasteiger partial charge in [0.2, 0.25) is 21.8 Å². The Morgan fingerprint density at radius 3 is 2.35 bits per heavy atom. The molecule has 0 spiro atoms. The number of hydrogen-bond acceptors (Lipinski definition) is 5. The summed E-state index contributed by atoms with van der Waals surface area (Å²) in [4.78, 5) is 28.0. The van der Waals surface area contributed by atoms with Crippen molar-refractivity contribution in [3.8, 4) is 5.75 Å². The highest BCUT2D eigenvalue weighted by molar-refractivity contribution is 7.92. The summed E-state index contributed by atoms with van der Waals surface area (Å²) in [6, 6.07) is 11.0. The maximum atomic E-state index is 13.5. The molecule has 204 valence electrons. The lowest BCUT2D eigenvalue weighted by molar-refractivity contribution is -0.141. The number of methoxy groups -OCH3 is 1. The van der Waals surface area contributed by atoms with Crippen LogP contribution in [-0.4, -0.2) is 57.1 Å². The van der Waals surface area contributed by atoms with Crippen LogP contribution in [0.3, 0.4) is 0 Å². The molecular weight excluding hydrogens is 537 g/mol. The third kappa shape index (κ3) is 8.79. The lowest BCUT2D eigenvalue weighted by Gasteiger charge is -2.32. The van der Waals surface area contributed by atoms with Crippen molar-refractivity contribution in [1.82, 2.24) is 10.2 Å². The van der Waals surface area contributed by atoms with Crippen LogP contribution in [0, 0.1) is 0 Å². The Kier molecular flexibility index (Phi) is 11.5. The van der Waals surface area contributed by atoms with Crippen molar-refractivity contribution in [3.05, 3.63) is 58.1 Å². The maximum Gasteiger partial charge on any atom is 0.243 e. The first kappa shape index (κ1) is 30.7. The molecule has 1 unspecified atom stereocenters. The molecule has 1 N–H and O–H groups in total. The Morgan fingerprint density at radius 2 is 1.78 bits per heavy atom. The Bertz CT molecular complexity index is 1190. The first-order valence-electron chi connectivity index (χ1n) is 12.0. The van der Waals surface area contributed by atoms with Gasteiger partial charge in [-0.1, -0.05) is 48.3 Å². The minimum absolute atomic E-state index is 0.0256. The Balaban J connectivity index is 2.28. The fourth-order valence-electron chi connectivity index (χ4n) is 3.95. The largest absolute Gasteiger partial charge is 0.495 e. The second kappa shape index (κ2) is 13.9. The van der Waals surface area contributed by atoms with Crippen LogP contribution in [0.2, 0.25) is 10.0 Å². The molecule has 2 amide bonds. The van der Waals surface area contributed by atoms with Crippen molar-refractivity contribution in [2.45, 2.75) is 58.7 Å². The van der Waals surface area contributed by atoms with Crippen LogP contribution in [0.5, 0.6) is 5.75 Å². The maximum absolute atomic E-state index is 13.5. The van der Waals surface area contributed by atoms with E-state index in [0.717, 1.165) is 6.26 Å². The number of anilines is 1. The van der Waals surface area contributed by atoms with E-state index in [1.165, 1.54) is 16.3 Å². The molecule has 0 aromatic heterocycles. The molecule has 11 heteroatoms. The number of amides is 2. The number of para-hydroxylation sites is 2. The van der Waals surface area contributed by atoms with Crippen molar-refractivity contribution in [2.75, 3.05) is 24.2 Å². The zero-order valence-corrected chi connectivity index (χ0v) is 24.2. The zero-order chi connectivity index (χ0) is 27.8. The monoisotopic (exact) mass is 571 g/mol. The van der Waals surface area contributed by atoms with E-state index >= 15 is 0 Å². The first-order valence-corrected chi connectivity index (χ1v) is 14.6. The van der Waals surface area contributed by atoms with Gasteiger partial charge in [0.1, 0.15) is 11.8 Å². The van der Waals surface area contributed by atoms with Crippen LogP contribution < -0.4 is 14.4 Å². The topological polar surface area (TPSA) is 96.0 Å². The van der Waals surface area contributed by atoms with Crippen molar-refractivity contribution in [3.63, 3.8) is 0 Å². The van der Waals surface area contributed by atoms with E-state index in [4.69, 9.17) is 27.9 Å². The summed E-state index contributed by atoms with van der Waals surface area (Å²) in [7, 11) is -2.17. The average Bonchev–Trinajstić information content (AvgIpc) is 2.81. The molecule has 0 aliphatic rings. The van der Waals surface area contributed by atoms with Crippen molar-refractivity contribution < 1.29 is 22.7 Å². The highest BCUT2D eigenvalue weighted by atomic mass is 35.5. The summed E-state index contributed by atoms with van der Waals surface area (Å²) in [5.41, 5.74) is 1.05. The molecular formula is C26H35Cl2N3O5S. The number of carbonyl (C=O) groups is 2. The first-order chi connectivity index (χ1) is 17.4. The number of hydrogen-bond donors (Lipinski definition) is 1. The molecule has 0 aliphatic heterocycles. The quantitative estimate of drug-likeness (QED) is 0.369. The van der Waals surface area contributed by atoms with Crippen LogP contribution in [0.15, 0.2) is 42.5 Å². The highest BCUT2D eigenvalue weighted by Gasteiger charge is 2.30. The smallest absolute Gasteiger partial charge is 0.243 e. The van der Waals surface area contributed by atoms with E-state index in [-0.39, 0.29) is 43.8 Å². The van der Waals surface area contributed by atoms with E-state index in [1.54, 1.807) is 42.5 Å². The number of sulfonamides is 1. The van der Waals surface area contributed by atoms with Gasteiger partial charge in [-0.3, -0.25) is 13.9 Å². The van der Waals surface area contributed by atoms with Crippen LogP contribution in [-0.2, 0) is 26.2 Å². The van der Waals surface area contributed by atoms with Gasteiger partial charge in [-0.25, -0.2) is 8.42 Å². The molecule has 8 nitrogen and oxygen atoms in total. The van der Waals surface area contributed by atoms with Crippen molar-refractivity contribution >= 4 is 50.7 Å². The van der Waals surface area contributed by atoms with Gasteiger partial charge >= 0.3 is 0 Å². The molecule has 2 rings (SSSR count). The van der Waals surface area contributed by atoms with Gasteiger partial charge in [0.15, 0.2) is 0 Å². The molecule has 1 atom stereocenters. The normalized spacial score (nSPS) is 12.2. The van der Waals surface area contributed by atoms with Crippen molar-refractivity contribution in [1.29, 1.82) is 0 Å². The number of carbonyl (C=O) groups excluding carboxylic acids is 2. The van der Waals surface area contributed by atoms with E-state index in [1.807, 2.05) is 20.8 Å². The second-order valence-electron chi connectivity index (χ2n) is 8.96. The van der Waals surface area contributed by atoms with Crippen LogP contribution in [0.1, 0.15) is 45.6 Å². The lowest BCUT2D eigenvalue weighted by Crippen LogP contribution is -2.50. The summed E-state index contributed by atoms with van der Waals surface area (Å²) < 4.78 is 31.7. The zero-order valence-electron chi connectivity index (χ0n) is 21.8. The van der Waals surface area contributed by atoms with Gasteiger partial charge in [-0.05, 0) is 56.5 Å². The predicted molar refractivity (Wildman–Crippen MR) is 149 cm³/mol. The standard InChI is InChI=1S/C26H35Cl2N3O5S/c1-6-22(26(33)29-18(2)3)30(17-19-13-14-20(27)16-21(19)28)25(32)12-9-15-31(37(5,34)35)23-10-7-8-11-24(23)36-4/h7-8,10-11,13-14,16,18,22H,6,9,12,15,17H2,1-5H3,(H,29,33). The molecule has 0 saturated heterocycles. The van der Waals surface area contributed by atoms with E-state index in [0.29, 0.717) is 33.5 Å². The molecule has 0 fully saturated rings. The average molecular weight is 573 g/mol. The Labute approximate surface area is 229 Å². The van der Waals surface area contributed by atoms with Gasteiger partial charge in [-0.2, -0.15) is 0 Å². The summed E-state index contributed by atoms with van der Waals surface area (Å²) in [5, 5.41) is 3.74. The third-order valence-electron chi connectivity index (χ3n) is 5.68. The van der Waals surface area contributed by atoms with Crippen LogP contribution >= 0.6 is 23.2 Å². The molecule has 0 saturated carbocycles. The van der Waals surface area contributed by atoms with Gasteiger partial charge in [-0.15, -0.1) is 0 Å². The van der Waals surface area contributed by atoms with Gasteiger partial charge < -0.3 is 15.0 Å². The van der Waals surface area contributed by atoms with E-state index in [2.05, 4.69) is 5.32 Å². The minimum atomic E-state index is -3.64. The summed E-state index contributed by atoms with van der Waals surface area (Å²) >= 11 is 12.4. The number of nitrogens with zero attached hydrogens (tertiary/aromatic N) is 2. The third-order valence-corrected chi connectivity index (χ3v) is 7.45. The fourth-order valence-corrected chi connectivity index (χ4v) is 5.39. The number of benzene rings is 2. The minimum Gasteiger partial charge on any atom is -0.495 e. The molecule has 0 radical (unpaired) electrons. The summed E-state index contributed by atoms with van der Waals surface area (Å²) in [6.07, 6.45) is 1.76. The predicted octanol–water partition coefficient (Wildman–Crippen LogP) is 4.88. The molecule has 0 heterocycles. The second-order valence-corrected chi connectivity index (χ2v) is 11.7. The molecule has 2 aromatic carbocycles. The Morgan fingerprint density at radius 1 is 1.11 bits per heavy atom. The molecule has 2 aromatic rings. The van der Waals surface area contributed by atoms with Crippen LogP contribution in [0.25, 0.3) is 0 Å². The van der Waals surface area contributed by atoms with E-state index in [9.17, 15) is 18.0 Å². The highest BCUT2D eigenvalue weighted by Crippen LogP contribution is 2.30. The van der Waals surface area contributed by atoms with Gasteiger partial charge in [0.25, 0.3) is 0 Å². The summed E-state index contributed by atoms with van der Waals surface area (Å²) in [6.45, 7) is 5.72. The number of rotatable bonds is 13. The van der Waals surface area contributed by atoms with Crippen molar-refractivity contribution in [2.24, 2.45) is 0 Å². The van der Waals surface area contributed by atoms with Gasteiger partial charge in [0, 0.05) is 35.6 Å². The fraction of sp³-hybridized carbons (Fsp3) is 0.462. The lowest BCUT2D eigenvalue weighted by atomic mass is 10.1. The number of halogens is 2.